The average molecular weight is 313 g/mol. The van der Waals surface area contributed by atoms with E-state index in [4.69, 9.17) is 5.73 Å². The highest BCUT2D eigenvalue weighted by Crippen LogP contribution is 2.28. The Morgan fingerprint density at radius 2 is 1.65 bits per heavy atom. The number of hydrogen-bond acceptors (Lipinski definition) is 5. The Balaban J connectivity index is 2.37. The van der Waals surface area contributed by atoms with Crippen LogP contribution >= 0.6 is 0 Å². The van der Waals surface area contributed by atoms with Crippen molar-refractivity contribution in [3.63, 3.8) is 0 Å². The predicted octanol–water partition coefficient (Wildman–Crippen LogP) is -0.237. The van der Waals surface area contributed by atoms with Crippen LogP contribution in [0.3, 0.4) is 0 Å². The first-order valence-corrected chi connectivity index (χ1v) is 6.86. The number of carbonyl (C=O) groups is 1. The second kappa shape index (κ2) is 4.94. The molecule has 2 heterocycles. The van der Waals surface area contributed by atoms with Gasteiger partial charge in [0.25, 0.3) is 11.5 Å². The van der Waals surface area contributed by atoms with E-state index < -0.39 is 17.2 Å². The summed E-state index contributed by atoms with van der Waals surface area (Å²) in [6.07, 6.45) is 0. The third-order valence-electron chi connectivity index (χ3n) is 3.86. The smallest absolute Gasteiger partial charge is 0.332 e. The molecule has 0 bridgehead atoms. The van der Waals surface area contributed by atoms with E-state index in [9.17, 15) is 14.4 Å². The van der Waals surface area contributed by atoms with Gasteiger partial charge in [0.15, 0.2) is 0 Å². The Morgan fingerprint density at radius 3 is 2.30 bits per heavy atom. The van der Waals surface area contributed by atoms with Gasteiger partial charge in [-0.1, -0.05) is 12.1 Å². The van der Waals surface area contributed by atoms with E-state index in [0.29, 0.717) is 11.4 Å². The molecule has 8 nitrogen and oxygen atoms in total. The van der Waals surface area contributed by atoms with Crippen LogP contribution in [-0.2, 0) is 18.9 Å². The van der Waals surface area contributed by atoms with Gasteiger partial charge in [0.1, 0.15) is 17.1 Å². The number of anilines is 2. The monoisotopic (exact) mass is 313 g/mol. The van der Waals surface area contributed by atoms with E-state index in [0.717, 1.165) is 4.57 Å². The largest absolute Gasteiger partial charge is 0.397 e. The van der Waals surface area contributed by atoms with Gasteiger partial charge in [-0.3, -0.25) is 23.6 Å². The normalized spacial score (nSPS) is 15.3. The Morgan fingerprint density at radius 1 is 1.00 bits per heavy atom. The number of amides is 1. The maximum atomic E-state index is 12.5. The number of likely N-dealkylation sites (N-methyl/N-ethyl adjacent to an activating group) is 1. The molecule has 0 aliphatic carbocycles. The van der Waals surface area contributed by atoms with E-state index in [1.165, 1.54) is 30.6 Å². The molecule has 0 atom stereocenters. The van der Waals surface area contributed by atoms with Crippen LogP contribution in [0.2, 0.25) is 0 Å². The van der Waals surface area contributed by atoms with Gasteiger partial charge in [-0.15, -0.1) is 0 Å². The van der Waals surface area contributed by atoms with Crippen molar-refractivity contribution in [2.45, 2.75) is 0 Å². The lowest BCUT2D eigenvalue weighted by Gasteiger charge is -2.13. The van der Waals surface area contributed by atoms with E-state index >= 15 is 0 Å². The Labute approximate surface area is 131 Å². The van der Waals surface area contributed by atoms with Gasteiger partial charge in [0.2, 0.25) is 0 Å². The molecule has 2 aromatic rings. The molecule has 0 saturated heterocycles. The maximum Gasteiger partial charge on any atom is 0.332 e. The number of hydrogen-bond donors (Lipinski definition) is 1. The van der Waals surface area contributed by atoms with Crippen LogP contribution in [-0.4, -0.2) is 27.8 Å². The van der Waals surface area contributed by atoms with Crippen molar-refractivity contribution in [3.05, 3.63) is 50.7 Å². The van der Waals surface area contributed by atoms with Crippen LogP contribution in [0.25, 0.3) is 0 Å². The minimum atomic E-state index is -0.561. The first-order chi connectivity index (χ1) is 10.8. The lowest BCUT2D eigenvalue weighted by atomic mass is 10.2. The molecule has 1 amide bonds. The summed E-state index contributed by atoms with van der Waals surface area (Å²) >= 11 is 0. The molecule has 1 aromatic carbocycles. The van der Waals surface area contributed by atoms with Gasteiger partial charge in [0, 0.05) is 21.1 Å². The summed E-state index contributed by atoms with van der Waals surface area (Å²) in [7, 11) is 4.36. The zero-order valence-electron chi connectivity index (χ0n) is 12.9. The van der Waals surface area contributed by atoms with E-state index in [2.05, 4.69) is 4.99 Å². The van der Waals surface area contributed by atoms with Crippen LogP contribution in [0.15, 0.2) is 38.8 Å². The highest BCUT2D eigenvalue weighted by atomic mass is 16.2. The molecule has 1 aromatic heterocycles. The zero-order chi connectivity index (χ0) is 16.9. The minimum absolute atomic E-state index is 0.0170. The average Bonchev–Trinajstić information content (AvgIpc) is 2.78. The molecule has 1 aliphatic rings. The quantitative estimate of drug-likeness (QED) is 0.734. The number of carbonyl (C=O) groups excluding carboxylic acids is 1. The standard InChI is InChI=1S/C15H15N5O3/c1-18-12-10(13(21)20(3)15(23)19(12)2)11(14(18)22)17-9-7-5-4-6-8(9)16/h4-7H,16H2,1-3H3. The topological polar surface area (TPSA) is 103 Å². The number of nitrogen functional groups attached to an aromatic ring is 1. The van der Waals surface area contributed by atoms with Crippen molar-refractivity contribution in [2.24, 2.45) is 19.1 Å². The first kappa shape index (κ1) is 14.8. The summed E-state index contributed by atoms with van der Waals surface area (Å²) in [5.41, 5.74) is 5.66. The van der Waals surface area contributed by atoms with Crippen molar-refractivity contribution in [1.82, 2.24) is 9.13 Å². The molecule has 0 fully saturated rings. The third-order valence-corrected chi connectivity index (χ3v) is 3.86. The van der Waals surface area contributed by atoms with E-state index in [-0.39, 0.29) is 17.1 Å². The molecule has 8 heteroatoms. The Bertz CT molecular complexity index is 984. The van der Waals surface area contributed by atoms with E-state index in [1.807, 2.05) is 0 Å². The number of rotatable bonds is 1. The number of aromatic nitrogens is 2. The molecular formula is C15H15N5O3. The fraction of sp³-hybridized carbons (Fsp3) is 0.200. The molecule has 0 unspecified atom stereocenters. The number of fused-ring (bicyclic) bond motifs is 1. The van der Waals surface area contributed by atoms with Crippen molar-refractivity contribution >= 4 is 28.8 Å². The highest BCUT2D eigenvalue weighted by molar-refractivity contribution is 6.54. The maximum absolute atomic E-state index is 12.5. The van der Waals surface area contributed by atoms with Crippen molar-refractivity contribution in [2.75, 3.05) is 17.7 Å². The fourth-order valence-electron chi connectivity index (χ4n) is 2.61. The summed E-state index contributed by atoms with van der Waals surface area (Å²) in [4.78, 5) is 42.5. The second-order valence-corrected chi connectivity index (χ2v) is 5.29. The second-order valence-electron chi connectivity index (χ2n) is 5.29. The zero-order valence-corrected chi connectivity index (χ0v) is 12.9. The Kier molecular flexibility index (Phi) is 3.17. The van der Waals surface area contributed by atoms with Gasteiger partial charge in [0.05, 0.1) is 11.4 Å². The molecular weight excluding hydrogens is 298 g/mol. The van der Waals surface area contributed by atoms with Gasteiger partial charge >= 0.3 is 5.69 Å². The molecule has 2 N–H and O–H groups in total. The molecule has 3 rings (SSSR count). The van der Waals surface area contributed by atoms with Crippen LogP contribution in [0.1, 0.15) is 5.56 Å². The van der Waals surface area contributed by atoms with Gasteiger partial charge in [-0.2, -0.15) is 0 Å². The number of para-hydroxylation sites is 2. The lowest BCUT2D eigenvalue weighted by molar-refractivity contribution is -0.112. The number of nitrogens with zero attached hydrogens (tertiary/aromatic N) is 4. The number of nitrogens with two attached hydrogens (primary N) is 1. The predicted molar refractivity (Wildman–Crippen MR) is 87.4 cm³/mol. The van der Waals surface area contributed by atoms with Crippen molar-refractivity contribution in [1.29, 1.82) is 0 Å². The SMILES string of the molecule is CN1C(=O)C(=Nc2ccccc2N)c2c1n(C)c(=O)n(C)c2=O. The summed E-state index contributed by atoms with van der Waals surface area (Å²) in [5, 5.41) is 0. The summed E-state index contributed by atoms with van der Waals surface area (Å²) in [6, 6.07) is 6.79. The number of benzene rings is 1. The molecule has 0 saturated carbocycles. The van der Waals surface area contributed by atoms with Gasteiger partial charge in [-0.25, -0.2) is 9.79 Å². The Hall–Kier alpha value is -3.16. The fourth-order valence-corrected chi connectivity index (χ4v) is 2.61. The van der Waals surface area contributed by atoms with Gasteiger partial charge < -0.3 is 5.73 Å². The lowest BCUT2D eigenvalue weighted by Crippen LogP contribution is -2.40. The molecule has 23 heavy (non-hydrogen) atoms. The van der Waals surface area contributed by atoms with Gasteiger partial charge in [-0.05, 0) is 12.1 Å². The molecule has 0 radical (unpaired) electrons. The van der Waals surface area contributed by atoms with Crippen LogP contribution < -0.4 is 21.9 Å². The first-order valence-electron chi connectivity index (χ1n) is 6.86. The molecule has 0 spiro atoms. The van der Waals surface area contributed by atoms with Crippen LogP contribution in [0.5, 0.6) is 0 Å². The molecule has 118 valence electrons. The van der Waals surface area contributed by atoms with Crippen molar-refractivity contribution in [3.8, 4) is 0 Å². The third kappa shape index (κ3) is 1.99. The van der Waals surface area contributed by atoms with E-state index in [1.54, 1.807) is 24.3 Å². The highest BCUT2D eigenvalue weighted by Gasteiger charge is 2.37. The minimum Gasteiger partial charge on any atom is -0.397 e. The summed E-state index contributed by atoms with van der Waals surface area (Å²) in [5.74, 6) is -0.224. The number of aliphatic imine (C=N–C) groups is 1. The summed E-state index contributed by atoms with van der Waals surface area (Å²) in [6.45, 7) is 0. The summed E-state index contributed by atoms with van der Waals surface area (Å²) < 4.78 is 2.21. The van der Waals surface area contributed by atoms with Crippen molar-refractivity contribution < 1.29 is 4.79 Å². The molecule has 1 aliphatic heterocycles. The van der Waals surface area contributed by atoms with Crippen LogP contribution in [0.4, 0.5) is 17.2 Å². The van der Waals surface area contributed by atoms with Crippen LogP contribution in [0, 0.1) is 0 Å².